The minimum absolute atomic E-state index is 0.0228. The van der Waals surface area contributed by atoms with Crippen LogP contribution in [0.4, 0.5) is 10.5 Å². The molecule has 0 aliphatic rings. The lowest BCUT2D eigenvalue weighted by Gasteiger charge is -2.28. The molecule has 1 atom stereocenters. The van der Waals surface area contributed by atoms with E-state index < -0.39 is 0 Å². The number of aryl methyl sites for hydroxylation is 2. The Bertz CT molecular complexity index is 709. The summed E-state index contributed by atoms with van der Waals surface area (Å²) in [5.74, 6) is 0. The minimum Gasteiger partial charge on any atom is -0.335 e. The number of benzene rings is 2. The van der Waals surface area contributed by atoms with Crippen LogP contribution in [-0.4, -0.2) is 18.6 Å². The van der Waals surface area contributed by atoms with Crippen LogP contribution in [0.5, 0.6) is 0 Å². The van der Waals surface area contributed by atoms with Crippen LogP contribution in [0.3, 0.4) is 0 Å². The van der Waals surface area contributed by atoms with Gasteiger partial charge in [0.25, 0.3) is 0 Å². The number of carbonyl (C=O) groups excluding carboxylic acids is 1. The highest BCUT2D eigenvalue weighted by atomic mass is 16.2. The van der Waals surface area contributed by atoms with Crippen molar-refractivity contribution in [3.8, 4) is 0 Å². The lowest BCUT2D eigenvalue weighted by Crippen LogP contribution is -2.45. The van der Waals surface area contributed by atoms with E-state index in [0.29, 0.717) is 6.54 Å². The first-order valence-electron chi connectivity index (χ1n) is 9.18. The summed E-state index contributed by atoms with van der Waals surface area (Å²) in [6.07, 6.45) is 1.81. The number of urea groups is 1. The molecule has 2 rings (SSSR count). The Morgan fingerprint density at radius 3 is 2.36 bits per heavy atom. The fourth-order valence-electron chi connectivity index (χ4n) is 3.39. The van der Waals surface area contributed by atoms with Gasteiger partial charge in [0.1, 0.15) is 0 Å². The Morgan fingerprint density at radius 2 is 1.76 bits per heavy atom. The van der Waals surface area contributed by atoms with Gasteiger partial charge in [0.2, 0.25) is 0 Å². The van der Waals surface area contributed by atoms with Crippen LogP contribution in [0.1, 0.15) is 43.0 Å². The maximum Gasteiger partial charge on any atom is 0.322 e. The molecular weight excluding hydrogens is 308 g/mol. The molecule has 0 aliphatic heterocycles. The second kappa shape index (κ2) is 8.70. The van der Waals surface area contributed by atoms with Crippen molar-refractivity contribution in [1.29, 1.82) is 0 Å². The summed E-state index contributed by atoms with van der Waals surface area (Å²) in [7, 11) is 0. The third-order valence-electron chi connectivity index (χ3n) is 4.71. The topological polar surface area (TPSA) is 32.3 Å². The molecule has 0 saturated heterocycles. The van der Waals surface area contributed by atoms with Crippen molar-refractivity contribution >= 4 is 11.7 Å². The SMILES string of the molecule is CCc1ccc(C)c(N(CC)C(=O)NC(C)Cc2ccccc2)c1C. The number of nitrogens with one attached hydrogen (secondary N) is 1. The third kappa shape index (κ3) is 4.62. The van der Waals surface area contributed by atoms with E-state index in [0.717, 1.165) is 24.1 Å². The Hall–Kier alpha value is -2.29. The summed E-state index contributed by atoms with van der Waals surface area (Å²) in [4.78, 5) is 14.8. The van der Waals surface area contributed by atoms with E-state index in [-0.39, 0.29) is 12.1 Å². The Labute approximate surface area is 152 Å². The Balaban J connectivity index is 2.16. The summed E-state index contributed by atoms with van der Waals surface area (Å²) in [5.41, 5.74) is 5.92. The highest BCUT2D eigenvalue weighted by Gasteiger charge is 2.20. The van der Waals surface area contributed by atoms with Crippen LogP contribution in [0.25, 0.3) is 0 Å². The molecule has 3 heteroatoms. The van der Waals surface area contributed by atoms with Gasteiger partial charge in [-0.05, 0) is 62.8 Å². The summed E-state index contributed by atoms with van der Waals surface area (Å²) < 4.78 is 0. The van der Waals surface area contributed by atoms with E-state index in [1.165, 1.54) is 16.7 Å². The van der Waals surface area contributed by atoms with E-state index in [1.54, 1.807) is 0 Å². The minimum atomic E-state index is -0.0228. The maximum absolute atomic E-state index is 12.9. The standard InChI is InChI=1S/C22H30N2O/c1-6-20-14-13-16(3)21(18(20)5)24(7-2)22(25)23-17(4)15-19-11-9-8-10-12-19/h8-14,17H,6-7,15H2,1-5H3,(H,23,25). The van der Waals surface area contributed by atoms with Crippen molar-refractivity contribution in [2.24, 2.45) is 0 Å². The first-order valence-corrected chi connectivity index (χ1v) is 9.18. The van der Waals surface area contributed by atoms with Gasteiger partial charge in [-0.15, -0.1) is 0 Å². The van der Waals surface area contributed by atoms with Gasteiger partial charge < -0.3 is 5.32 Å². The average Bonchev–Trinajstić information content (AvgIpc) is 2.59. The van der Waals surface area contributed by atoms with E-state index in [1.807, 2.05) is 30.0 Å². The highest BCUT2D eigenvalue weighted by molar-refractivity contribution is 5.94. The molecule has 2 amide bonds. The molecule has 134 valence electrons. The molecule has 3 nitrogen and oxygen atoms in total. The molecule has 2 aromatic carbocycles. The number of nitrogens with zero attached hydrogens (tertiary/aromatic N) is 1. The van der Waals surface area contributed by atoms with Gasteiger partial charge in [-0.1, -0.05) is 49.4 Å². The molecule has 0 aliphatic carbocycles. The Kier molecular flexibility index (Phi) is 6.63. The monoisotopic (exact) mass is 338 g/mol. The summed E-state index contributed by atoms with van der Waals surface area (Å²) in [6.45, 7) is 11.1. The number of anilines is 1. The molecule has 0 saturated carbocycles. The Morgan fingerprint density at radius 1 is 1.08 bits per heavy atom. The second-order valence-electron chi connectivity index (χ2n) is 6.65. The largest absolute Gasteiger partial charge is 0.335 e. The summed E-state index contributed by atoms with van der Waals surface area (Å²) >= 11 is 0. The maximum atomic E-state index is 12.9. The predicted molar refractivity (Wildman–Crippen MR) is 106 cm³/mol. The number of rotatable bonds is 6. The average molecular weight is 338 g/mol. The molecule has 25 heavy (non-hydrogen) atoms. The quantitative estimate of drug-likeness (QED) is 0.787. The van der Waals surface area contributed by atoms with Crippen LogP contribution in [0.15, 0.2) is 42.5 Å². The number of carbonyl (C=O) groups is 1. The normalized spacial score (nSPS) is 11.9. The molecule has 1 N–H and O–H groups in total. The van der Waals surface area contributed by atoms with Gasteiger partial charge in [0, 0.05) is 12.6 Å². The van der Waals surface area contributed by atoms with Crippen LogP contribution in [-0.2, 0) is 12.8 Å². The van der Waals surface area contributed by atoms with E-state index in [4.69, 9.17) is 0 Å². The number of amides is 2. The lowest BCUT2D eigenvalue weighted by molar-refractivity contribution is 0.243. The van der Waals surface area contributed by atoms with E-state index in [9.17, 15) is 4.79 Å². The van der Waals surface area contributed by atoms with Crippen LogP contribution in [0, 0.1) is 13.8 Å². The van der Waals surface area contributed by atoms with Gasteiger partial charge in [-0.3, -0.25) is 4.90 Å². The van der Waals surface area contributed by atoms with Crippen molar-refractivity contribution in [2.75, 3.05) is 11.4 Å². The summed E-state index contributed by atoms with van der Waals surface area (Å²) in [6, 6.07) is 14.6. The van der Waals surface area contributed by atoms with Crippen molar-refractivity contribution in [1.82, 2.24) is 5.32 Å². The van der Waals surface area contributed by atoms with Crippen LogP contribution in [0.2, 0.25) is 0 Å². The molecule has 0 radical (unpaired) electrons. The van der Waals surface area contributed by atoms with Crippen LogP contribution < -0.4 is 10.2 Å². The second-order valence-corrected chi connectivity index (χ2v) is 6.65. The first-order chi connectivity index (χ1) is 12.0. The smallest absolute Gasteiger partial charge is 0.322 e. The molecule has 0 heterocycles. The zero-order chi connectivity index (χ0) is 18.4. The predicted octanol–water partition coefficient (Wildman–Crippen LogP) is 5.03. The van der Waals surface area contributed by atoms with Gasteiger partial charge >= 0.3 is 6.03 Å². The van der Waals surface area contributed by atoms with Crippen molar-refractivity contribution in [3.63, 3.8) is 0 Å². The van der Waals surface area contributed by atoms with Crippen LogP contribution >= 0.6 is 0 Å². The van der Waals surface area contributed by atoms with E-state index >= 15 is 0 Å². The molecule has 0 spiro atoms. The zero-order valence-electron chi connectivity index (χ0n) is 16.1. The van der Waals surface area contributed by atoms with Gasteiger partial charge in [-0.25, -0.2) is 4.79 Å². The van der Waals surface area contributed by atoms with Gasteiger partial charge in [0.15, 0.2) is 0 Å². The van der Waals surface area contributed by atoms with Crippen molar-refractivity contribution in [3.05, 3.63) is 64.7 Å². The molecular formula is C22H30N2O. The molecule has 1 unspecified atom stereocenters. The molecule has 2 aromatic rings. The summed E-state index contributed by atoms with van der Waals surface area (Å²) in [5, 5.41) is 3.16. The molecule has 0 aromatic heterocycles. The zero-order valence-corrected chi connectivity index (χ0v) is 16.1. The third-order valence-corrected chi connectivity index (χ3v) is 4.71. The van der Waals surface area contributed by atoms with Crippen molar-refractivity contribution in [2.45, 2.75) is 53.5 Å². The lowest BCUT2D eigenvalue weighted by atomic mass is 10.00. The number of hydrogen-bond donors (Lipinski definition) is 1. The first kappa shape index (κ1) is 19.0. The van der Waals surface area contributed by atoms with Crippen molar-refractivity contribution < 1.29 is 4.79 Å². The molecule has 0 bridgehead atoms. The highest BCUT2D eigenvalue weighted by Crippen LogP contribution is 2.28. The number of hydrogen-bond acceptors (Lipinski definition) is 1. The molecule has 0 fully saturated rings. The van der Waals surface area contributed by atoms with E-state index in [2.05, 4.69) is 57.3 Å². The van der Waals surface area contributed by atoms with Gasteiger partial charge in [-0.2, -0.15) is 0 Å². The van der Waals surface area contributed by atoms with Gasteiger partial charge in [0.05, 0.1) is 5.69 Å². The fraction of sp³-hybridized carbons (Fsp3) is 0.409. The fourth-order valence-corrected chi connectivity index (χ4v) is 3.39.